The molecule has 0 aliphatic carbocycles. The smallest absolute Gasteiger partial charge is 0.364 e. The third-order valence-corrected chi connectivity index (χ3v) is 27.3. The number of aliphatic hydroxyl groups is 23. The second-order valence-electron chi connectivity index (χ2n) is 38.4. The van der Waals surface area contributed by atoms with Crippen LogP contribution in [0.1, 0.15) is 228 Å². The highest BCUT2D eigenvalue weighted by atomic mass is 16.8. The lowest BCUT2D eigenvalue weighted by molar-refractivity contribution is -0.406. The number of carboxylic acid groups (broad SMARTS) is 1. The van der Waals surface area contributed by atoms with Crippen molar-refractivity contribution in [2.24, 2.45) is 0 Å². The summed E-state index contributed by atoms with van der Waals surface area (Å²) in [4.78, 5) is 66.3. The Morgan fingerprint density at radius 2 is 0.761 bits per heavy atom. The van der Waals surface area contributed by atoms with Gasteiger partial charge in [-0.3, -0.25) is 19.2 Å². The van der Waals surface area contributed by atoms with Crippen molar-refractivity contribution in [2.45, 2.75) is 491 Å². The molecular formula is C93H164N4O45. The predicted octanol–water partition coefficient (Wildman–Crippen LogP) is -6.40. The van der Waals surface area contributed by atoms with Crippen LogP contribution in [0.4, 0.5) is 0 Å². The Hall–Kier alpha value is -4.47. The number of unbranched alkanes of at least 4 members (excludes halogenated alkanes) is 25. The van der Waals surface area contributed by atoms with Gasteiger partial charge in [0, 0.05) is 33.6 Å². The van der Waals surface area contributed by atoms with Crippen LogP contribution in [-0.4, -0.2) is 468 Å². The molecule has 8 aliphatic heterocycles. The van der Waals surface area contributed by atoms with E-state index >= 15 is 0 Å². The molecule has 28 N–H and O–H groups in total. The molecule has 8 heterocycles. The summed E-state index contributed by atoms with van der Waals surface area (Å²) in [5.74, 6) is -8.76. The van der Waals surface area contributed by atoms with E-state index in [4.69, 9.17) is 75.8 Å². The molecule has 4 amide bonds. The van der Waals surface area contributed by atoms with Crippen LogP contribution >= 0.6 is 0 Å². The standard InChI is InChI=1S/C93H164N4O45/c1-7-9-11-13-15-17-19-21-22-24-26-28-30-32-34-36-60(111)97-50(51(108)35-33-31-29-27-25-23-20-18-16-14-12-10-8-2)45-127-87-74(122)72(120)78(59(44-104)134-87)135-89-75(123)81(67(115)55(40-100)130-89)138-85-62(95-48(5)106)70(118)77(58(43-103)133-85)136-91-84(140-88-73(121)71(119)64(112)46(3)128-88)83(69(117)57(42-102)132-91)139-86-63(96-49(6)107)79(66(114)54(39-99)129-86)137-90-76(124)82(68(116)56(41-101)131-90)142-93(92(125)126)37-52(109)61(94-47(4)105)80(141-93)65(113)53(110)38-98/h33,35,46,50-59,61-91,98-104,108-110,112-124H,7-32,34,36-45H2,1-6H3,(H,94,105)(H,95,106)(H,96,107)(H,97,111)(H,125,126)/b35-33+/t46?,50-,51+,52?,53+,54?,55?,56?,57?,58?,59?,61+,62?,63?,64+,65+,66-,67-,68-,69-,70+,71?,72+,73-,74?,75?,76?,77+,78+,79+,80?,81-,82-,83-,84?,85-,86+,87+,88+,89-,90-,91-,93-/m0/s1. The van der Waals surface area contributed by atoms with E-state index in [0.29, 0.717) is 12.8 Å². The van der Waals surface area contributed by atoms with E-state index < -0.39 is 346 Å². The molecular weight excluding hydrogens is 1890 g/mol. The maximum atomic E-state index is 13.7. The van der Waals surface area contributed by atoms with Crippen LogP contribution in [0, 0.1) is 0 Å². The average molecular weight is 2060 g/mol. The second kappa shape index (κ2) is 61.7. The number of aliphatic hydroxyl groups excluding tert-OH is 23. The van der Waals surface area contributed by atoms with E-state index in [1.54, 1.807) is 6.08 Å². The first-order valence-corrected chi connectivity index (χ1v) is 50.5. The van der Waals surface area contributed by atoms with Gasteiger partial charge in [-0.05, 0) is 26.2 Å². The number of rotatable bonds is 61. The van der Waals surface area contributed by atoms with Crippen LogP contribution in [-0.2, 0) is 99.8 Å². The minimum absolute atomic E-state index is 0.134. The molecule has 0 spiro atoms. The van der Waals surface area contributed by atoms with Crippen LogP contribution in [0.15, 0.2) is 12.2 Å². The number of ether oxygens (including phenoxy) is 16. The first kappa shape index (κ1) is 123. The zero-order chi connectivity index (χ0) is 104. The van der Waals surface area contributed by atoms with Gasteiger partial charge in [0.15, 0.2) is 44.0 Å². The molecule has 0 radical (unpaired) electrons. The largest absolute Gasteiger partial charge is 0.477 e. The highest BCUT2D eigenvalue weighted by molar-refractivity contribution is 5.77. The fourth-order valence-corrected chi connectivity index (χ4v) is 19.1. The second-order valence-corrected chi connectivity index (χ2v) is 38.4. The van der Waals surface area contributed by atoms with Crippen molar-refractivity contribution in [3.8, 4) is 0 Å². The van der Waals surface area contributed by atoms with Gasteiger partial charge in [-0.2, -0.15) is 0 Å². The van der Waals surface area contributed by atoms with Crippen molar-refractivity contribution in [3.63, 3.8) is 0 Å². The number of allylic oxidation sites excluding steroid dienone is 1. The van der Waals surface area contributed by atoms with Crippen molar-refractivity contribution in [2.75, 3.05) is 52.9 Å². The molecule has 142 heavy (non-hydrogen) atoms. The van der Waals surface area contributed by atoms with E-state index in [1.165, 1.54) is 110 Å². The SMILES string of the molecule is CCCCCCCCCCCCC/C=C/[C@@H](O)[C@H](CO[C@@H]1OC(CO)[C@@H](O[C@@H]2OC(CO)[C@H](O)[C@H](O[C@@H]3OC(CO)[C@@H](O[C@@H]4OC(CO)[C@H](O)[C@H](O[C@H]5OC(CO)[C@H](O)[C@H](O[C@@H]6OC(CO)[C@H](O)[C@H](O[C@]7(C(=O)O)CC(O)[C@@H](NC(C)=O)C([C@H](O)[C@H](O)CO)O7)C6O)C5NC(C)=O)C4O[C@H]4OC(C)[C@@H](O)C(O)[C@@H]4O)[C@H](O)C3NC(C)=O)C2O)[C@H](O)C1O)NC(=O)CCCCCCCCCCCCCCCCC. The van der Waals surface area contributed by atoms with Gasteiger partial charge in [0.2, 0.25) is 23.6 Å². The lowest BCUT2D eigenvalue weighted by Gasteiger charge is -2.52. The van der Waals surface area contributed by atoms with Gasteiger partial charge in [0.05, 0.1) is 83.3 Å². The zero-order valence-electron chi connectivity index (χ0n) is 81.9. The minimum Gasteiger partial charge on any atom is -0.477 e. The molecule has 8 aliphatic rings. The molecule has 0 aromatic carbocycles. The molecule has 0 aromatic rings. The van der Waals surface area contributed by atoms with Gasteiger partial charge in [0.1, 0.15) is 183 Å². The van der Waals surface area contributed by atoms with Crippen molar-refractivity contribution < 1.29 is 222 Å². The van der Waals surface area contributed by atoms with Crippen LogP contribution in [0.3, 0.4) is 0 Å². The maximum Gasteiger partial charge on any atom is 0.364 e. The summed E-state index contributed by atoms with van der Waals surface area (Å²) >= 11 is 0. The normalized spacial score (nSPS) is 38.8. The van der Waals surface area contributed by atoms with E-state index in [2.05, 4.69) is 35.1 Å². The van der Waals surface area contributed by atoms with E-state index in [-0.39, 0.29) is 12.3 Å². The van der Waals surface area contributed by atoms with Gasteiger partial charge in [0.25, 0.3) is 5.79 Å². The van der Waals surface area contributed by atoms with Crippen LogP contribution in [0.2, 0.25) is 0 Å². The molecule has 0 aromatic heterocycles. The van der Waals surface area contributed by atoms with E-state index in [0.717, 1.165) is 78.6 Å². The molecule has 16 unspecified atom stereocenters. The Balaban J connectivity index is 1.00. The lowest BCUT2D eigenvalue weighted by atomic mass is 9.88. The van der Waals surface area contributed by atoms with Gasteiger partial charge in [-0.1, -0.05) is 180 Å². The lowest BCUT2D eigenvalue weighted by Crippen LogP contribution is -2.72. The number of nitrogens with one attached hydrogen (secondary N) is 4. The summed E-state index contributed by atoms with van der Waals surface area (Å²) in [6, 6.07) is -7.01. The predicted molar refractivity (Wildman–Crippen MR) is 486 cm³/mol. The molecule has 826 valence electrons. The number of hydrogen-bond acceptors (Lipinski definition) is 44. The monoisotopic (exact) mass is 2060 g/mol. The highest BCUT2D eigenvalue weighted by Crippen LogP contribution is 2.43. The minimum atomic E-state index is -3.32. The van der Waals surface area contributed by atoms with Crippen LogP contribution < -0.4 is 21.3 Å². The van der Waals surface area contributed by atoms with Gasteiger partial charge in [-0.25, -0.2) is 4.79 Å². The fourth-order valence-electron chi connectivity index (χ4n) is 19.1. The molecule has 8 rings (SSSR count). The van der Waals surface area contributed by atoms with Gasteiger partial charge >= 0.3 is 5.97 Å². The van der Waals surface area contributed by atoms with Crippen molar-refractivity contribution in [1.82, 2.24) is 21.3 Å². The number of hydrogen-bond donors (Lipinski definition) is 28. The van der Waals surface area contributed by atoms with Crippen molar-refractivity contribution >= 4 is 29.6 Å². The number of carbonyl (C=O) groups is 5. The molecule has 0 bridgehead atoms. The molecule has 8 fully saturated rings. The van der Waals surface area contributed by atoms with Gasteiger partial charge in [-0.15, -0.1) is 0 Å². The Kier molecular flexibility index (Phi) is 53.4. The van der Waals surface area contributed by atoms with Crippen molar-refractivity contribution in [3.05, 3.63) is 12.2 Å². The Morgan fingerprint density at radius 3 is 1.26 bits per heavy atom. The number of amides is 4. The van der Waals surface area contributed by atoms with Crippen LogP contribution in [0.25, 0.3) is 0 Å². The topological polar surface area (TPSA) is 767 Å². The van der Waals surface area contributed by atoms with Crippen molar-refractivity contribution in [1.29, 1.82) is 0 Å². The fraction of sp³-hybridized carbons (Fsp3) is 0.925. The van der Waals surface area contributed by atoms with Crippen LogP contribution in [0.5, 0.6) is 0 Å². The van der Waals surface area contributed by atoms with E-state index in [1.807, 2.05) is 6.08 Å². The molecule has 0 saturated carbocycles. The third kappa shape index (κ3) is 34.3. The zero-order valence-corrected chi connectivity index (χ0v) is 81.9. The summed E-state index contributed by atoms with van der Waals surface area (Å²) in [5, 5.41) is 283. The summed E-state index contributed by atoms with van der Waals surface area (Å²) in [6.45, 7) is -0.334. The Labute approximate surface area is 825 Å². The summed E-state index contributed by atoms with van der Waals surface area (Å²) < 4.78 is 97.0. The number of carbonyl (C=O) groups excluding carboxylic acids is 4. The Bertz CT molecular complexity index is 3620. The maximum absolute atomic E-state index is 13.7. The number of carboxylic acids is 1. The summed E-state index contributed by atoms with van der Waals surface area (Å²) in [6.07, 6.45) is -48.4. The molecule has 8 saturated heterocycles. The van der Waals surface area contributed by atoms with Gasteiger partial charge < -0.3 is 220 Å². The quantitative estimate of drug-likeness (QED) is 0.0199. The average Bonchev–Trinajstić information content (AvgIpc) is 0.755. The first-order chi connectivity index (χ1) is 67.8. The molecule has 49 nitrogen and oxygen atoms in total. The van der Waals surface area contributed by atoms with E-state index in [9.17, 15) is 147 Å². The highest BCUT2D eigenvalue weighted by Gasteiger charge is 2.64. The summed E-state index contributed by atoms with van der Waals surface area (Å²) in [5.41, 5.74) is 0. The third-order valence-electron chi connectivity index (χ3n) is 27.3. The Morgan fingerprint density at radius 1 is 0.380 bits per heavy atom. The molecule has 49 heteroatoms. The summed E-state index contributed by atoms with van der Waals surface area (Å²) in [7, 11) is 0. The number of aliphatic carboxylic acids is 1. The molecule has 43 atom stereocenters. The first-order valence-electron chi connectivity index (χ1n) is 50.5.